The summed E-state index contributed by atoms with van der Waals surface area (Å²) in [6, 6.07) is 0. The molecule has 1 N–H and O–H groups in total. The van der Waals surface area contributed by atoms with Crippen LogP contribution in [0.2, 0.25) is 5.23 Å². The van der Waals surface area contributed by atoms with E-state index in [2.05, 4.69) is 0 Å². The number of hydrogen-bond donors (Lipinski definition) is 1. The minimum absolute atomic E-state index is 0.319. The second-order valence-corrected chi connectivity index (χ2v) is 0.724. The van der Waals surface area contributed by atoms with E-state index in [1.807, 2.05) is 32.6 Å². The molecule has 37 valence electrons. The van der Waals surface area contributed by atoms with Gasteiger partial charge < -0.3 is 5.11 Å². The van der Waals surface area contributed by atoms with Crippen molar-refractivity contribution >= 4 is 0 Å². The van der Waals surface area contributed by atoms with E-state index in [1.165, 1.54) is 0 Å². The molecule has 0 heterocycles. The average molecular weight is 123 g/mol. The molecular weight excluding hydrogens is 112 g/mol. The molecule has 0 radical (unpaired) electrons. The van der Waals surface area contributed by atoms with Gasteiger partial charge in [0.05, 0.1) is 0 Å². The number of aliphatic hydroxyl groups is 1. The van der Waals surface area contributed by atoms with Crippen LogP contribution < -0.4 is 0 Å². The quantitative estimate of drug-likeness (QED) is 0.515. The van der Waals surface area contributed by atoms with Crippen molar-refractivity contribution in [3.8, 4) is 0 Å². The molecule has 0 fully saturated rings. The van der Waals surface area contributed by atoms with Gasteiger partial charge in [-0.05, 0) is 6.42 Å². The van der Waals surface area contributed by atoms with Crippen LogP contribution in [-0.2, 0) is 20.4 Å². The molecule has 0 bridgehead atoms. The normalized spacial score (nSPS) is 5.67. The van der Waals surface area contributed by atoms with Crippen LogP contribution >= 0.6 is 0 Å². The van der Waals surface area contributed by atoms with Gasteiger partial charge in [-0.25, -0.2) is 0 Å². The molecule has 6 heavy (non-hydrogen) atoms. The van der Waals surface area contributed by atoms with Crippen molar-refractivity contribution in [2.24, 2.45) is 0 Å². The van der Waals surface area contributed by atoms with E-state index < -0.39 is 0 Å². The fraction of sp³-hybridized carbons (Fsp3) is 1.00. The molecule has 1 nitrogen and oxygen atoms in total. The summed E-state index contributed by atoms with van der Waals surface area (Å²) in [7, 11) is 0. The minimum atomic E-state index is 0.319. The monoisotopic (exact) mass is 123 g/mol. The predicted molar refractivity (Wildman–Crippen MR) is 23.2 cm³/mol. The summed E-state index contributed by atoms with van der Waals surface area (Å²) in [5.74, 6) is 0. The molecule has 0 aromatic rings. The summed E-state index contributed by atoms with van der Waals surface area (Å²) >= 11 is 2.00. The number of rotatable bonds is 1. The Morgan fingerprint density at radius 1 is 1.50 bits per heavy atom. The fourth-order valence-corrected chi connectivity index (χ4v) is 0. The van der Waals surface area contributed by atoms with Crippen LogP contribution in [0.25, 0.3) is 0 Å². The van der Waals surface area contributed by atoms with E-state index in [4.69, 9.17) is 5.11 Å². The maximum atomic E-state index is 7.88. The van der Waals surface area contributed by atoms with Crippen LogP contribution in [0.4, 0.5) is 0 Å². The summed E-state index contributed by atoms with van der Waals surface area (Å²) < 4.78 is 0. The Hall–Kier alpha value is 0.674. The number of hydrogen-bond acceptors (Lipinski definition) is 1. The van der Waals surface area contributed by atoms with Gasteiger partial charge in [0, 0.05) is 6.61 Å². The topological polar surface area (TPSA) is 20.2 Å². The maximum absolute atomic E-state index is 7.88. The van der Waals surface area contributed by atoms with Crippen molar-refractivity contribution in [1.29, 1.82) is 0 Å². The Morgan fingerprint density at radius 3 is 1.67 bits per heavy atom. The van der Waals surface area contributed by atoms with Crippen molar-refractivity contribution in [1.82, 2.24) is 0 Å². The van der Waals surface area contributed by atoms with E-state index >= 15 is 0 Å². The zero-order chi connectivity index (χ0) is 5.41. The molecule has 0 saturated carbocycles. The van der Waals surface area contributed by atoms with Gasteiger partial charge in [-0.15, -0.1) is 0 Å². The average Bonchev–Trinajstić information content (AvgIpc) is 1.72. The van der Waals surface area contributed by atoms with Crippen LogP contribution in [0, 0.1) is 0 Å². The Balaban J connectivity index is 0. The molecule has 0 rings (SSSR count). The Bertz CT molecular complexity index is 9.51. The zero-order valence-electron chi connectivity index (χ0n) is 4.36. The van der Waals surface area contributed by atoms with Gasteiger partial charge in [-0.2, -0.15) is 0 Å². The summed E-state index contributed by atoms with van der Waals surface area (Å²) in [4.78, 5) is 0. The molecular formula is C4H11OTi. The first kappa shape index (κ1) is 9.84. The second kappa shape index (κ2) is 17.3. The van der Waals surface area contributed by atoms with E-state index in [0.29, 0.717) is 6.61 Å². The van der Waals surface area contributed by atoms with Gasteiger partial charge >= 0.3 is 25.7 Å². The zero-order valence-corrected chi connectivity index (χ0v) is 5.92. The molecule has 0 aliphatic rings. The van der Waals surface area contributed by atoms with Crippen molar-refractivity contribution in [2.75, 3.05) is 6.61 Å². The molecule has 0 aliphatic carbocycles. The number of aliphatic hydroxyl groups excluding tert-OH is 1. The third kappa shape index (κ3) is 22.5. The molecule has 0 amide bonds. The first-order chi connectivity index (χ1) is 2.91. The Labute approximate surface area is 51.2 Å². The Morgan fingerprint density at radius 2 is 1.67 bits per heavy atom. The van der Waals surface area contributed by atoms with Gasteiger partial charge in [0.25, 0.3) is 0 Å². The van der Waals surface area contributed by atoms with Gasteiger partial charge in [0.1, 0.15) is 0 Å². The third-order valence-electron chi connectivity index (χ3n) is 0.224. The molecule has 0 aliphatic heterocycles. The van der Waals surface area contributed by atoms with Crippen molar-refractivity contribution in [2.45, 2.75) is 18.6 Å². The molecule has 0 unspecified atom stereocenters. The molecule has 0 aromatic heterocycles. The van der Waals surface area contributed by atoms with E-state index in [-0.39, 0.29) is 0 Å². The van der Waals surface area contributed by atoms with Gasteiger partial charge in [-0.1, -0.05) is 6.92 Å². The van der Waals surface area contributed by atoms with Crippen LogP contribution in [-0.4, -0.2) is 11.7 Å². The van der Waals surface area contributed by atoms with Crippen LogP contribution in [0.5, 0.6) is 0 Å². The predicted octanol–water partition coefficient (Wildman–Crippen LogP) is 0.970. The van der Waals surface area contributed by atoms with E-state index in [1.54, 1.807) is 0 Å². The van der Waals surface area contributed by atoms with Crippen LogP contribution in [0.3, 0.4) is 0 Å². The summed E-state index contributed by atoms with van der Waals surface area (Å²) in [5.41, 5.74) is 0. The van der Waals surface area contributed by atoms with E-state index in [9.17, 15) is 0 Å². The van der Waals surface area contributed by atoms with Crippen molar-refractivity contribution in [3.05, 3.63) is 0 Å². The van der Waals surface area contributed by atoms with E-state index in [0.717, 1.165) is 6.42 Å². The van der Waals surface area contributed by atoms with Crippen molar-refractivity contribution in [3.63, 3.8) is 0 Å². The molecule has 0 atom stereocenters. The third-order valence-corrected chi connectivity index (χ3v) is 0.224. The standard InChI is InChI=1S/C3H8O.CH3.Ti/c1-2-3-4;;/h4H,2-3H2,1H3;1H3;. The van der Waals surface area contributed by atoms with Gasteiger partial charge in [-0.3, -0.25) is 0 Å². The molecule has 0 aromatic carbocycles. The molecule has 0 spiro atoms. The van der Waals surface area contributed by atoms with Crippen molar-refractivity contribution < 1.29 is 25.5 Å². The van der Waals surface area contributed by atoms with Crippen LogP contribution in [0.15, 0.2) is 0 Å². The van der Waals surface area contributed by atoms with Gasteiger partial charge in [0.2, 0.25) is 0 Å². The Kier molecular flexibility index (Phi) is 28.4. The van der Waals surface area contributed by atoms with Crippen LogP contribution in [0.1, 0.15) is 13.3 Å². The summed E-state index contributed by atoms with van der Waals surface area (Å²) in [5, 5.41) is 9.88. The second-order valence-electron chi connectivity index (χ2n) is 0.724. The first-order valence-electron chi connectivity index (χ1n) is 2.02. The molecule has 2 heteroatoms. The molecule has 0 saturated heterocycles. The first-order valence-corrected chi connectivity index (χ1v) is 3.58. The summed E-state index contributed by atoms with van der Waals surface area (Å²) in [6.07, 6.45) is 0.875. The fourth-order valence-electron chi connectivity index (χ4n) is 0. The summed E-state index contributed by atoms with van der Waals surface area (Å²) in [6.45, 7) is 2.25. The SMILES string of the molecule is CCCO.[CH3][Ti]. The van der Waals surface area contributed by atoms with Gasteiger partial charge in [0.15, 0.2) is 0 Å².